The normalized spacial score (nSPS) is 12.4. The Bertz CT molecular complexity index is 704. The van der Waals surface area contributed by atoms with Crippen molar-refractivity contribution in [3.63, 3.8) is 0 Å². The van der Waals surface area contributed by atoms with Gasteiger partial charge in [-0.05, 0) is 11.5 Å². The topological polar surface area (TPSA) is 46.4 Å². The number of carbonyl (C=O) groups is 1. The van der Waals surface area contributed by atoms with E-state index in [9.17, 15) is 4.79 Å². The molecule has 0 unspecified atom stereocenters. The van der Waals surface area contributed by atoms with Gasteiger partial charge >= 0.3 is 0 Å². The van der Waals surface area contributed by atoms with E-state index in [4.69, 9.17) is 0 Å². The number of hydrogen-bond acceptors (Lipinski definition) is 3. The Hall–Kier alpha value is -2.14. The van der Waals surface area contributed by atoms with Crippen LogP contribution >= 0.6 is 11.3 Å². The molecule has 1 amide bonds. The summed E-state index contributed by atoms with van der Waals surface area (Å²) in [6.07, 6.45) is 4.19. The van der Waals surface area contributed by atoms with E-state index in [0.29, 0.717) is 18.9 Å². The standard InChI is InChI=1S/C16H17N3OS/c1-12(13-5-3-2-4-6-13)10-17-15(20)9-14-11-19-7-8-21-16(19)18-14/h2-8,11-12H,9-10H2,1H3,(H,17,20)/t12-/m0/s1. The van der Waals surface area contributed by atoms with Crippen LogP contribution in [0.3, 0.4) is 0 Å². The fraction of sp³-hybridized carbons (Fsp3) is 0.250. The minimum Gasteiger partial charge on any atom is -0.355 e. The Morgan fingerprint density at radius 1 is 1.38 bits per heavy atom. The summed E-state index contributed by atoms with van der Waals surface area (Å²) in [5.74, 6) is 0.323. The molecule has 21 heavy (non-hydrogen) atoms. The molecular weight excluding hydrogens is 282 g/mol. The third kappa shape index (κ3) is 3.31. The zero-order chi connectivity index (χ0) is 14.7. The number of benzene rings is 1. The maximum atomic E-state index is 12.0. The highest BCUT2D eigenvalue weighted by Gasteiger charge is 2.10. The zero-order valence-corrected chi connectivity index (χ0v) is 12.6. The minimum atomic E-state index is 0.0172. The van der Waals surface area contributed by atoms with Crippen LogP contribution in [0.1, 0.15) is 24.1 Å². The molecule has 1 atom stereocenters. The molecular formula is C16H17N3OS. The van der Waals surface area contributed by atoms with Crippen LogP contribution in [0.5, 0.6) is 0 Å². The Morgan fingerprint density at radius 3 is 2.95 bits per heavy atom. The molecule has 0 saturated heterocycles. The summed E-state index contributed by atoms with van der Waals surface area (Å²) in [6, 6.07) is 10.2. The van der Waals surface area contributed by atoms with Gasteiger partial charge in [-0.1, -0.05) is 37.3 Å². The number of hydrogen-bond donors (Lipinski definition) is 1. The molecule has 1 N–H and O–H groups in total. The molecule has 4 nitrogen and oxygen atoms in total. The largest absolute Gasteiger partial charge is 0.355 e. The number of carbonyl (C=O) groups excluding carboxylic acids is 1. The van der Waals surface area contributed by atoms with Gasteiger partial charge in [-0.15, -0.1) is 11.3 Å². The molecule has 2 heterocycles. The van der Waals surface area contributed by atoms with Gasteiger partial charge in [0.05, 0.1) is 12.1 Å². The van der Waals surface area contributed by atoms with Gasteiger partial charge in [0.15, 0.2) is 4.96 Å². The van der Waals surface area contributed by atoms with Crippen LogP contribution in [0.4, 0.5) is 0 Å². The molecule has 108 valence electrons. The summed E-state index contributed by atoms with van der Waals surface area (Å²) < 4.78 is 1.94. The van der Waals surface area contributed by atoms with Crippen molar-refractivity contribution in [2.45, 2.75) is 19.3 Å². The minimum absolute atomic E-state index is 0.0172. The van der Waals surface area contributed by atoms with Crippen molar-refractivity contribution in [3.05, 3.63) is 59.4 Å². The second kappa shape index (κ2) is 6.10. The van der Waals surface area contributed by atoms with E-state index < -0.39 is 0 Å². The first-order valence-corrected chi connectivity index (χ1v) is 7.83. The third-order valence-electron chi connectivity index (χ3n) is 3.46. The van der Waals surface area contributed by atoms with Gasteiger partial charge in [0, 0.05) is 24.3 Å². The van der Waals surface area contributed by atoms with Crippen molar-refractivity contribution in [2.24, 2.45) is 0 Å². The molecule has 0 spiro atoms. The second-order valence-electron chi connectivity index (χ2n) is 5.12. The maximum Gasteiger partial charge on any atom is 0.226 e. The molecule has 3 rings (SSSR count). The Morgan fingerprint density at radius 2 is 2.19 bits per heavy atom. The fourth-order valence-electron chi connectivity index (χ4n) is 2.25. The molecule has 0 fully saturated rings. The number of nitrogens with one attached hydrogen (secondary N) is 1. The molecule has 0 aliphatic heterocycles. The predicted octanol–water partition coefficient (Wildman–Crippen LogP) is 2.86. The molecule has 0 saturated carbocycles. The molecule has 0 aliphatic rings. The van der Waals surface area contributed by atoms with Gasteiger partial charge < -0.3 is 5.32 Å². The Balaban J connectivity index is 1.53. The van der Waals surface area contributed by atoms with E-state index in [0.717, 1.165) is 10.7 Å². The van der Waals surface area contributed by atoms with Crippen molar-refractivity contribution in [1.29, 1.82) is 0 Å². The number of amides is 1. The molecule has 0 radical (unpaired) electrons. The van der Waals surface area contributed by atoms with E-state index in [1.165, 1.54) is 5.56 Å². The van der Waals surface area contributed by atoms with Gasteiger partial charge in [-0.2, -0.15) is 0 Å². The lowest BCUT2D eigenvalue weighted by Crippen LogP contribution is -2.29. The number of rotatable bonds is 5. The van der Waals surface area contributed by atoms with E-state index in [1.54, 1.807) is 11.3 Å². The first-order valence-electron chi connectivity index (χ1n) is 6.95. The van der Waals surface area contributed by atoms with Crippen LogP contribution in [0.15, 0.2) is 48.1 Å². The zero-order valence-electron chi connectivity index (χ0n) is 11.8. The summed E-state index contributed by atoms with van der Waals surface area (Å²) >= 11 is 1.57. The average molecular weight is 299 g/mol. The predicted molar refractivity (Wildman–Crippen MR) is 84.6 cm³/mol. The van der Waals surface area contributed by atoms with E-state index in [2.05, 4.69) is 29.4 Å². The quantitative estimate of drug-likeness (QED) is 0.787. The first-order chi connectivity index (χ1) is 10.2. The summed E-state index contributed by atoms with van der Waals surface area (Å²) in [5.41, 5.74) is 2.05. The number of thiazole rings is 1. The van der Waals surface area contributed by atoms with Gasteiger partial charge in [0.25, 0.3) is 0 Å². The number of fused-ring (bicyclic) bond motifs is 1. The second-order valence-corrected chi connectivity index (χ2v) is 5.99. The van der Waals surface area contributed by atoms with Gasteiger partial charge in [-0.3, -0.25) is 9.20 Å². The molecule has 3 aromatic rings. The van der Waals surface area contributed by atoms with Gasteiger partial charge in [0.1, 0.15) is 0 Å². The Labute approximate surface area is 127 Å². The molecule has 0 aliphatic carbocycles. The lowest BCUT2D eigenvalue weighted by atomic mass is 10.0. The smallest absolute Gasteiger partial charge is 0.226 e. The lowest BCUT2D eigenvalue weighted by Gasteiger charge is -2.12. The van der Waals surface area contributed by atoms with Crippen LogP contribution in [0.2, 0.25) is 0 Å². The van der Waals surface area contributed by atoms with Crippen molar-refractivity contribution in [1.82, 2.24) is 14.7 Å². The lowest BCUT2D eigenvalue weighted by molar-refractivity contribution is -0.120. The van der Waals surface area contributed by atoms with E-state index in [1.807, 2.05) is 40.4 Å². The van der Waals surface area contributed by atoms with E-state index in [-0.39, 0.29) is 5.91 Å². The summed E-state index contributed by atoms with van der Waals surface area (Å²) in [5, 5.41) is 4.96. The van der Waals surface area contributed by atoms with Crippen LogP contribution in [0.25, 0.3) is 4.96 Å². The average Bonchev–Trinajstić information content (AvgIpc) is 3.07. The number of aromatic nitrogens is 2. The maximum absolute atomic E-state index is 12.0. The highest BCUT2D eigenvalue weighted by Crippen LogP contribution is 2.14. The van der Waals surface area contributed by atoms with Gasteiger partial charge in [0.2, 0.25) is 5.91 Å². The number of nitrogens with zero attached hydrogens (tertiary/aromatic N) is 2. The van der Waals surface area contributed by atoms with Crippen molar-refractivity contribution >= 4 is 22.2 Å². The fourth-order valence-corrected chi connectivity index (χ4v) is 2.97. The molecule has 1 aromatic carbocycles. The monoisotopic (exact) mass is 299 g/mol. The Kier molecular flexibility index (Phi) is 4.01. The SMILES string of the molecule is C[C@@H](CNC(=O)Cc1cn2ccsc2n1)c1ccccc1. The number of imidazole rings is 1. The van der Waals surface area contributed by atoms with Crippen molar-refractivity contribution < 1.29 is 4.79 Å². The van der Waals surface area contributed by atoms with Crippen LogP contribution < -0.4 is 5.32 Å². The third-order valence-corrected chi connectivity index (χ3v) is 4.23. The summed E-state index contributed by atoms with van der Waals surface area (Å²) in [4.78, 5) is 17.3. The van der Waals surface area contributed by atoms with Crippen LogP contribution in [-0.4, -0.2) is 21.8 Å². The molecule has 2 aromatic heterocycles. The van der Waals surface area contributed by atoms with Crippen molar-refractivity contribution in [2.75, 3.05) is 6.54 Å². The van der Waals surface area contributed by atoms with E-state index >= 15 is 0 Å². The highest BCUT2D eigenvalue weighted by molar-refractivity contribution is 7.15. The van der Waals surface area contributed by atoms with Crippen LogP contribution in [-0.2, 0) is 11.2 Å². The summed E-state index contributed by atoms with van der Waals surface area (Å²) in [7, 11) is 0. The van der Waals surface area contributed by atoms with Crippen molar-refractivity contribution in [3.8, 4) is 0 Å². The molecule has 0 bridgehead atoms. The van der Waals surface area contributed by atoms with Gasteiger partial charge in [-0.25, -0.2) is 4.98 Å². The molecule has 5 heteroatoms. The first kappa shape index (κ1) is 13.8. The highest BCUT2D eigenvalue weighted by atomic mass is 32.1. The summed E-state index contributed by atoms with van der Waals surface area (Å²) in [6.45, 7) is 2.76. The van der Waals surface area contributed by atoms with Crippen LogP contribution in [0, 0.1) is 0 Å².